The average Bonchev–Trinajstić information content (AvgIpc) is 2.35. The molecule has 1 aromatic carbocycles. The summed E-state index contributed by atoms with van der Waals surface area (Å²) in [4.78, 5) is 23.6. The van der Waals surface area contributed by atoms with Gasteiger partial charge in [-0.05, 0) is 29.2 Å². The predicted octanol–water partition coefficient (Wildman–Crippen LogP) is 2.31. The Hall–Kier alpha value is -1.84. The Bertz CT molecular complexity index is 461. The van der Waals surface area contributed by atoms with E-state index in [4.69, 9.17) is 9.47 Å². The van der Waals surface area contributed by atoms with Gasteiger partial charge in [0.15, 0.2) is 0 Å². The van der Waals surface area contributed by atoms with Crippen molar-refractivity contribution >= 4 is 11.9 Å². The summed E-state index contributed by atoms with van der Waals surface area (Å²) in [6.45, 7) is 6.24. The minimum absolute atomic E-state index is 0.0912. The molecule has 0 aromatic heterocycles. The molecule has 0 atom stereocenters. The van der Waals surface area contributed by atoms with Crippen molar-refractivity contribution in [3.63, 3.8) is 0 Å². The fourth-order valence-corrected chi connectivity index (χ4v) is 1.73. The first-order valence-electron chi connectivity index (χ1n) is 5.88. The third-order valence-electron chi connectivity index (χ3n) is 2.82. The van der Waals surface area contributed by atoms with E-state index in [0.717, 1.165) is 5.56 Å². The second kappa shape index (κ2) is 4.44. The SMILES string of the molecule is CC(C)(C)c1cc2cc(c1)C(=O)OCCOC2=O. The minimum atomic E-state index is -0.416. The normalized spacial score (nSPS) is 16.2. The Labute approximate surface area is 106 Å². The third-order valence-corrected chi connectivity index (χ3v) is 2.82. The number of fused-ring (bicyclic) bond motifs is 2. The summed E-state index contributed by atoms with van der Waals surface area (Å²) in [5.41, 5.74) is 1.55. The molecule has 1 heterocycles. The van der Waals surface area contributed by atoms with Crippen LogP contribution in [0.3, 0.4) is 0 Å². The number of carbonyl (C=O) groups is 2. The molecule has 0 fully saturated rings. The fourth-order valence-electron chi connectivity index (χ4n) is 1.73. The van der Waals surface area contributed by atoms with Gasteiger partial charge in [-0.3, -0.25) is 0 Å². The van der Waals surface area contributed by atoms with E-state index < -0.39 is 11.9 Å². The number of cyclic esters (lactones) is 2. The van der Waals surface area contributed by atoms with Gasteiger partial charge in [0, 0.05) is 0 Å². The molecule has 0 saturated heterocycles. The van der Waals surface area contributed by atoms with E-state index in [0.29, 0.717) is 11.1 Å². The molecule has 18 heavy (non-hydrogen) atoms. The number of esters is 2. The van der Waals surface area contributed by atoms with Gasteiger partial charge in [-0.2, -0.15) is 0 Å². The van der Waals surface area contributed by atoms with Crippen LogP contribution < -0.4 is 0 Å². The maximum Gasteiger partial charge on any atom is 0.338 e. The molecule has 0 spiro atoms. The van der Waals surface area contributed by atoms with Crippen molar-refractivity contribution in [2.75, 3.05) is 13.2 Å². The molecule has 4 nitrogen and oxygen atoms in total. The number of hydrogen-bond acceptors (Lipinski definition) is 4. The Kier molecular flexibility index (Phi) is 3.11. The van der Waals surface area contributed by atoms with Crippen molar-refractivity contribution in [3.05, 3.63) is 34.9 Å². The topological polar surface area (TPSA) is 52.6 Å². The third kappa shape index (κ3) is 2.53. The second-order valence-electron chi connectivity index (χ2n) is 5.32. The lowest BCUT2D eigenvalue weighted by molar-refractivity contribution is 0.0277. The van der Waals surface area contributed by atoms with Crippen LogP contribution in [0.25, 0.3) is 0 Å². The number of hydrogen-bond donors (Lipinski definition) is 0. The summed E-state index contributed by atoms with van der Waals surface area (Å²) >= 11 is 0. The molecule has 1 aliphatic rings. The first-order valence-corrected chi connectivity index (χ1v) is 5.88. The summed E-state index contributed by atoms with van der Waals surface area (Å²) in [5, 5.41) is 0. The van der Waals surface area contributed by atoms with Gasteiger partial charge in [-0.15, -0.1) is 0 Å². The molecule has 0 saturated carbocycles. The Morgan fingerprint density at radius 3 is 1.72 bits per heavy atom. The second-order valence-corrected chi connectivity index (χ2v) is 5.32. The van der Waals surface area contributed by atoms with E-state index in [1.165, 1.54) is 6.07 Å². The number of ether oxygens (including phenoxy) is 2. The van der Waals surface area contributed by atoms with Gasteiger partial charge in [-0.1, -0.05) is 20.8 Å². The molecule has 0 aliphatic carbocycles. The van der Waals surface area contributed by atoms with E-state index in [2.05, 4.69) is 0 Å². The van der Waals surface area contributed by atoms with Crippen LogP contribution in [0.15, 0.2) is 18.2 Å². The van der Waals surface area contributed by atoms with E-state index in [9.17, 15) is 9.59 Å². The van der Waals surface area contributed by atoms with Crippen LogP contribution in [-0.4, -0.2) is 25.2 Å². The van der Waals surface area contributed by atoms with Crippen LogP contribution in [0.4, 0.5) is 0 Å². The van der Waals surface area contributed by atoms with Crippen molar-refractivity contribution in [1.29, 1.82) is 0 Å². The molecule has 2 rings (SSSR count). The summed E-state index contributed by atoms with van der Waals surface area (Å²) in [7, 11) is 0. The van der Waals surface area contributed by atoms with Gasteiger partial charge < -0.3 is 9.47 Å². The van der Waals surface area contributed by atoms with Crippen molar-refractivity contribution in [1.82, 2.24) is 0 Å². The monoisotopic (exact) mass is 248 g/mol. The fraction of sp³-hybridized carbons (Fsp3) is 0.429. The summed E-state index contributed by atoms with van der Waals surface area (Å²) < 4.78 is 10.0. The lowest BCUT2D eigenvalue weighted by atomic mass is 9.85. The summed E-state index contributed by atoms with van der Waals surface area (Å²) in [5.74, 6) is -0.832. The van der Waals surface area contributed by atoms with Crippen molar-refractivity contribution in [2.24, 2.45) is 0 Å². The quantitative estimate of drug-likeness (QED) is 0.661. The smallest absolute Gasteiger partial charge is 0.338 e. The molecule has 1 aromatic rings. The highest BCUT2D eigenvalue weighted by Gasteiger charge is 2.22. The number of carbonyl (C=O) groups excluding carboxylic acids is 2. The van der Waals surface area contributed by atoms with Gasteiger partial charge in [0.1, 0.15) is 13.2 Å². The summed E-state index contributed by atoms with van der Waals surface area (Å²) in [6.07, 6.45) is 0. The molecule has 2 bridgehead atoms. The highest BCUT2D eigenvalue weighted by Crippen LogP contribution is 2.25. The number of rotatable bonds is 0. The van der Waals surface area contributed by atoms with Crippen LogP contribution >= 0.6 is 0 Å². The van der Waals surface area contributed by atoms with E-state index in [1.807, 2.05) is 20.8 Å². The van der Waals surface area contributed by atoms with Crippen LogP contribution in [0.1, 0.15) is 47.1 Å². The van der Waals surface area contributed by atoms with Gasteiger partial charge >= 0.3 is 11.9 Å². The van der Waals surface area contributed by atoms with Crippen LogP contribution in [-0.2, 0) is 14.9 Å². The number of benzene rings is 1. The zero-order valence-electron chi connectivity index (χ0n) is 10.8. The standard InChI is InChI=1S/C14H16O4/c1-14(2,3)11-7-9-6-10(8-11)13(16)18-5-4-17-12(9)15/h6-8H,4-5H2,1-3H3. The lowest BCUT2D eigenvalue weighted by Gasteiger charge is -2.20. The molecule has 0 unspecified atom stereocenters. The molecule has 96 valence electrons. The maximum atomic E-state index is 11.8. The zero-order valence-corrected chi connectivity index (χ0v) is 10.8. The summed E-state index contributed by atoms with van der Waals surface area (Å²) in [6, 6.07) is 5.06. The first-order chi connectivity index (χ1) is 8.38. The van der Waals surface area contributed by atoms with Gasteiger partial charge in [0.05, 0.1) is 11.1 Å². The van der Waals surface area contributed by atoms with E-state index in [-0.39, 0.29) is 18.6 Å². The van der Waals surface area contributed by atoms with Gasteiger partial charge in [-0.25, -0.2) is 9.59 Å². The van der Waals surface area contributed by atoms with Crippen LogP contribution in [0, 0.1) is 0 Å². The minimum Gasteiger partial charge on any atom is -0.458 e. The maximum absolute atomic E-state index is 11.8. The Morgan fingerprint density at radius 2 is 1.33 bits per heavy atom. The molecular weight excluding hydrogens is 232 g/mol. The molecule has 1 aliphatic heterocycles. The highest BCUT2D eigenvalue weighted by molar-refractivity contribution is 5.96. The van der Waals surface area contributed by atoms with Crippen molar-refractivity contribution in [2.45, 2.75) is 26.2 Å². The van der Waals surface area contributed by atoms with Gasteiger partial charge in [0.25, 0.3) is 0 Å². The van der Waals surface area contributed by atoms with Gasteiger partial charge in [0.2, 0.25) is 0 Å². The van der Waals surface area contributed by atoms with Crippen molar-refractivity contribution < 1.29 is 19.1 Å². The van der Waals surface area contributed by atoms with Crippen LogP contribution in [0.2, 0.25) is 0 Å². The molecule has 0 N–H and O–H groups in total. The zero-order chi connectivity index (χ0) is 13.3. The first kappa shape index (κ1) is 12.6. The lowest BCUT2D eigenvalue weighted by Crippen LogP contribution is -2.14. The van der Waals surface area contributed by atoms with E-state index in [1.54, 1.807) is 12.1 Å². The molecule has 0 radical (unpaired) electrons. The largest absolute Gasteiger partial charge is 0.458 e. The molecular formula is C14H16O4. The Balaban J connectivity index is 2.56. The predicted molar refractivity (Wildman–Crippen MR) is 65.7 cm³/mol. The molecule has 0 amide bonds. The average molecular weight is 248 g/mol. The van der Waals surface area contributed by atoms with E-state index >= 15 is 0 Å². The van der Waals surface area contributed by atoms with Crippen molar-refractivity contribution in [3.8, 4) is 0 Å². The highest BCUT2D eigenvalue weighted by atomic mass is 16.6. The van der Waals surface area contributed by atoms with Crippen LogP contribution in [0.5, 0.6) is 0 Å². The molecule has 4 heteroatoms. The Morgan fingerprint density at radius 1 is 0.889 bits per heavy atom.